The zero-order valence-electron chi connectivity index (χ0n) is 14.4. The molecule has 0 amide bonds. The maximum absolute atomic E-state index is 12.0. The fraction of sp³-hybridized carbons (Fsp3) is 0.632. The lowest BCUT2D eigenvalue weighted by molar-refractivity contribution is -0.164. The smallest absolute Gasteiger partial charge is 0.333 e. The highest BCUT2D eigenvalue weighted by atomic mass is 16.4. The number of carbonyl (C=O) groups is 3. The molecule has 0 heterocycles. The summed E-state index contributed by atoms with van der Waals surface area (Å²) in [4.78, 5) is 35.9. The van der Waals surface area contributed by atoms with Crippen LogP contribution in [0.15, 0.2) is 22.8 Å². The van der Waals surface area contributed by atoms with Crippen LogP contribution in [0.1, 0.15) is 70.6 Å². The van der Waals surface area contributed by atoms with Crippen molar-refractivity contribution in [2.75, 3.05) is 0 Å². The van der Waals surface area contributed by atoms with Crippen LogP contribution in [0.4, 0.5) is 0 Å². The molecule has 0 aromatic rings. The van der Waals surface area contributed by atoms with Gasteiger partial charge in [-0.2, -0.15) is 0 Å². The van der Waals surface area contributed by atoms with E-state index in [1.165, 1.54) is 0 Å². The summed E-state index contributed by atoms with van der Waals surface area (Å²) in [5, 5.41) is 29.2. The Morgan fingerprint density at radius 2 is 1.40 bits per heavy atom. The van der Waals surface area contributed by atoms with Gasteiger partial charge in [0.25, 0.3) is 0 Å². The summed E-state index contributed by atoms with van der Waals surface area (Å²) in [6, 6.07) is 0. The van der Waals surface area contributed by atoms with Gasteiger partial charge in [0.15, 0.2) is 5.41 Å². The molecule has 0 aromatic carbocycles. The molecular formula is C19H26O6. The molecule has 0 radical (unpaired) electrons. The van der Waals surface area contributed by atoms with Crippen LogP contribution < -0.4 is 0 Å². The van der Waals surface area contributed by atoms with Gasteiger partial charge in [0.2, 0.25) is 0 Å². The van der Waals surface area contributed by atoms with E-state index in [1.807, 2.05) is 6.08 Å². The third-order valence-electron chi connectivity index (χ3n) is 5.33. The Kier molecular flexibility index (Phi) is 6.39. The van der Waals surface area contributed by atoms with E-state index in [0.717, 1.165) is 44.1 Å². The molecule has 0 bridgehead atoms. The van der Waals surface area contributed by atoms with Crippen LogP contribution in [0.2, 0.25) is 0 Å². The minimum Gasteiger partial charge on any atom is -0.480 e. The van der Waals surface area contributed by atoms with Crippen molar-refractivity contribution in [1.29, 1.82) is 0 Å². The lowest BCUT2D eigenvalue weighted by Crippen LogP contribution is -2.44. The quantitative estimate of drug-likeness (QED) is 0.665. The van der Waals surface area contributed by atoms with Gasteiger partial charge in [-0.25, -0.2) is 4.79 Å². The normalized spacial score (nSPS) is 24.9. The van der Waals surface area contributed by atoms with Crippen molar-refractivity contribution in [2.24, 2.45) is 5.41 Å². The second kappa shape index (κ2) is 8.32. The molecule has 0 saturated carbocycles. The van der Waals surface area contributed by atoms with Crippen LogP contribution in [-0.2, 0) is 14.4 Å². The summed E-state index contributed by atoms with van der Waals surface area (Å²) in [6.45, 7) is 0. The average Bonchev–Trinajstić information content (AvgIpc) is 2.46. The number of hydrogen-bond donors (Lipinski definition) is 3. The Balaban J connectivity index is 2.70. The van der Waals surface area contributed by atoms with Crippen molar-refractivity contribution >= 4 is 17.9 Å². The van der Waals surface area contributed by atoms with Gasteiger partial charge in [-0.15, -0.1) is 0 Å². The van der Waals surface area contributed by atoms with E-state index in [9.17, 15) is 29.7 Å². The molecule has 2 rings (SSSR count). The SMILES string of the molecule is O=C(O)/C1=C(\C2=CCCCCCC2)CCCCCC1(C(=O)O)C(=O)O. The first-order chi connectivity index (χ1) is 11.9. The number of carboxylic acid groups (broad SMARTS) is 3. The molecule has 0 spiro atoms. The van der Waals surface area contributed by atoms with Gasteiger partial charge >= 0.3 is 17.9 Å². The molecule has 0 atom stereocenters. The van der Waals surface area contributed by atoms with E-state index in [0.29, 0.717) is 31.3 Å². The summed E-state index contributed by atoms with van der Waals surface area (Å²) in [7, 11) is 0. The maximum Gasteiger partial charge on any atom is 0.333 e. The molecule has 0 fully saturated rings. The van der Waals surface area contributed by atoms with Gasteiger partial charge < -0.3 is 15.3 Å². The molecular weight excluding hydrogens is 324 g/mol. The third-order valence-corrected chi connectivity index (χ3v) is 5.33. The standard InChI is InChI=1S/C19H26O6/c20-16(21)15-14(13-9-5-2-1-3-6-10-13)11-7-4-8-12-19(15,17(22)23)18(24)25/h9H,1-8,10-12H2,(H,20,21)(H,22,23)(H,24,25)/b13-9?,15-14+. The van der Waals surface area contributed by atoms with Crippen LogP contribution in [0.25, 0.3) is 0 Å². The van der Waals surface area contributed by atoms with Gasteiger partial charge in [-0.3, -0.25) is 9.59 Å². The molecule has 6 heteroatoms. The van der Waals surface area contributed by atoms with Gasteiger partial charge in [-0.05, 0) is 56.1 Å². The van der Waals surface area contributed by atoms with Crippen molar-refractivity contribution in [2.45, 2.75) is 70.6 Å². The van der Waals surface area contributed by atoms with Crippen LogP contribution in [0.3, 0.4) is 0 Å². The Bertz CT molecular complexity index is 599. The lowest BCUT2D eigenvalue weighted by Gasteiger charge is -2.31. The van der Waals surface area contributed by atoms with Crippen LogP contribution in [0, 0.1) is 5.41 Å². The molecule has 0 aliphatic heterocycles. The van der Waals surface area contributed by atoms with Gasteiger partial charge in [0.1, 0.15) is 0 Å². The average molecular weight is 350 g/mol. The highest BCUT2D eigenvalue weighted by Crippen LogP contribution is 2.43. The number of hydrogen-bond acceptors (Lipinski definition) is 3. The van der Waals surface area contributed by atoms with E-state index in [2.05, 4.69) is 0 Å². The minimum atomic E-state index is -2.37. The molecule has 138 valence electrons. The Hall–Kier alpha value is -2.11. The van der Waals surface area contributed by atoms with Crippen molar-refractivity contribution in [3.05, 3.63) is 22.8 Å². The summed E-state index contributed by atoms with van der Waals surface area (Å²) in [5.41, 5.74) is -1.52. The highest BCUT2D eigenvalue weighted by molar-refractivity contribution is 6.10. The third kappa shape index (κ3) is 3.94. The monoisotopic (exact) mass is 350 g/mol. The Labute approximate surface area is 147 Å². The van der Waals surface area contributed by atoms with Crippen molar-refractivity contribution in [1.82, 2.24) is 0 Å². The number of allylic oxidation sites excluding steroid dienone is 3. The first-order valence-electron chi connectivity index (χ1n) is 9.04. The first-order valence-corrected chi connectivity index (χ1v) is 9.04. The van der Waals surface area contributed by atoms with Crippen molar-refractivity contribution < 1.29 is 29.7 Å². The number of carboxylic acids is 3. The molecule has 0 aromatic heterocycles. The second-order valence-corrected chi connectivity index (χ2v) is 6.92. The maximum atomic E-state index is 12.0. The minimum absolute atomic E-state index is 0.184. The first kappa shape index (κ1) is 19.2. The summed E-state index contributed by atoms with van der Waals surface area (Å²) in [5.74, 6) is -4.59. The van der Waals surface area contributed by atoms with E-state index >= 15 is 0 Å². The largest absolute Gasteiger partial charge is 0.480 e. The lowest BCUT2D eigenvalue weighted by atomic mass is 9.70. The van der Waals surface area contributed by atoms with Crippen molar-refractivity contribution in [3.63, 3.8) is 0 Å². The molecule has 2 aliphatic rings. The van der Waals surface area contributed by atoms with Crippen molar-refractivity contribution in [3.8, 4) is 0 Å². The second-order valence-electron chi connectivity index (χ2n) is 6.92. The summed E-state index contributed by atoms with van der Waals surface area (Å²) < 4.78 is 0. The summed E-state index contributed by atoms with van der Waals surface area (Å²) in [6.07, 6.45) is 9.68. The number of aliphatic carboxylic acids is 3. The zero-order chi connectivity index (χ0) is 18.4. The zero-order valence-corrected chi connectivity index (χ0v) is 14.4. The fourth-order valence-electron chi connectivity index (χ4n) is 3.99. The topological polar surface area (TPSA) is 112 Å². The molecule has 25 heavy (non-hydrogen) atoms. The van der Waals surface area contributed by atoms with Gasteiger partial charge in [0, 0.05) is 0 Å². The summed E-state index contributed by atoms with van der Waals surface area (Å²) >= 11 is 0. The predicted octanol–water partition coefficient (Wildman–Crippen LogP) is 3.77. The van der Waals surface area contributed by atoms with Crippen LogP contribution in [-0.4, -0.2) is 33.2 Å². The predicted molar refractivity (Wildman–Crippen MR) is 91.2 cm³/mol. The van der Waals surface area contributed by atoms with Crippen LogP contribution in [0.5, 0.6) is 0 Å². The molecule has 0 saturated heterocycles. The molecule has 0 unspecified atom stereocenters. The number of rotatable bonds is 4. The van der Waals surface area contributed by atoms with Gasteiger partial charge in [-0.1, -0.05) is 31.8 Å². The molecule has 3 N–H and O–H groups in total. The van der Waals surface area contributed by atoms with E-state index < -0.39 is 28.9 Å². The van der Waals surface area contributed by atoms with E-state index in [4.69, 9.17) is 0 Å². The van der Waals surface area contributed by atoms with E-state index in [-0.39, 0.29) is 6.42 Å². The highest BCUT2D eigenvalue weighted by Gasteiger charge is 2.54. The Morgan fingerprint density at radius 1 is 0.800 bits per heavy atom. The van der Waals surface area contributed by atoms with E-state index in [1.54, 1.807) is 0 Å². The fourth-order valence-corrected chi connectivity index (χ4v) is 3.99. The molecule has 6 nitrogen and oxygen atoms in total. The van der Waals surface area contributed by atoms with Crippen LogP contribution >= 0.6 is 0 Å². The Morgan fingerprint density at radius 3 is 2.04 bits per heavy atom. The van der Waals surface area contributed by atoms with Gasteiger partial charge in [0.05, 0.1) is 5.57 Å². The molecule has 2 aliphatic carbocycles.